The monoisotopic (exact) mass is 616 g/mol. The molecule has 0 bridgehead atoms. The van der Waals surface area contributed by atoms with Gasteiger partial charge < -0.3 is 5.32 Å². The van der Waals surface area contributed by atoms with Crippen molar-refractivity contribution in [2.24, 2.45) is 0 Å². The summed E-state index contributed by atoms with van der Waals surface area (Å²) in [7, 11) is 0. The van der Waals surface area contributed by atoms with Crippen LogP contribution in [0.2, 0.25) is 0 Å². The van der Waals surface area contributed by atoms with E-state index in [9.17, 15) is 0 Å². The number of rotatable bonds is 4. The summed E-state index contributed by atoms with van der Waals surface area (Å²) < 4.78 is 0. The lowest BCUT2D eigenvalue weighted by Crippen LogP contribution is -2.10. The van der Waals surface area contributed by atoms with Crippen molar-refractivity contribution < 1.29 is 0 Å². The molecule has 1 N–H and O–H groups in total. The number of pyridine rings is 1. The average molecular weight is 617 g/mol. The third-order valence-corrected chi connectivity index (χ3v) is 9.95. The van der Waals surface area contributed by atoms with Gasteiger partial charge in [-0.25, -0.2) is 4.98 Å². The molecule has 0 saturated heterocycles. The average Bonchev–Trinajstić information content (AvgIpc) is 3.06. The van der Waals surface area contributed by atoms with Crippen molar-refractivity contribution in [3.8, 4) is 44.8 Å². The lowest BCUT2D eigenvalue weighted by Gasteiger charge is -2.23. The highest BCUT2D eigenvalue weighted by Gasteiger charge is 2.20. The molecule has 0 atom stereocenters. The Kier molecular flexibility index (Phi) is 7.61. The van der Waals surface area contributed by atoms with Crippen LogP contribution in [0.4, 0.5) is 11.4 Å². The Morgan fingerprint density at radius 2 is 1.00 bits per heavy atom. The molecule has 0 fully saturated rings. The Morgan fingerprint density at radius 3 is 1.61 bits per heavy atom. The summed E-state index contributed by atoms with van der Waals surface area (Å²) >= 11 is 1.81. The zero-order valence-corrected chi connectivity index (χ0v) is 28.3. The molecule has 7 rings (SSSR count). The van der Waals surface area contributed by atoms with E-state index in [1.54, 1.807) is 11.8 Å². The predicted octanol–water partition coefficient (Wildman–Crippen LogP) is 12.6. The first-order chi connectivity index (χ1) is 22.0. The van der Waals surface area contributed by atoms with E-state index in [4.69, 9.17) is 4.98 Å². The number of nitrogens with zero attached hydrogens (tertiary/aromatic N) is 1. The highest BCUT2D eigenvalue weighted by molar-refractivity contribution is 7.99. The first-order valence-electron chi connectivity index (χ1n) is 16.0. The fourth-order valence-electron chi connectivity index (χ4n) is 6.05. The van der Waals surface area contributed by atoms with Crippen LogP contribution in [0, 0.1) is 0 Å². The quantitative estimate of drug-likeness (QED) is 0.213. The van der Waals surface area contributed by atoms with Gasteiger partial charge in [-0.2, -0.15) is 0 Å². The smallest absolute Gasteiger partial charge is 0.0730 e. The van der Waals surface area contributed by atoms with E-state index >= 15 is 0 Å². The largest absolute Gasteiger partial charge is 0.353 e. The fourth-order valence-corrected chi connectivity index (χ4v) is 7.07. The molecule has 228 valence electrons. The lowest BCUT2D eigenvalue weighted by molar-refractivity contribution is 0.590. The number of benzene rings is 5. The normalized spacial score (nSPS) is 12.7. The van der Waals surface area contributed by atoms with Gasteiger partial charge >= 0.3 is 0 Å². The third kappa shape index (κ3) is 6.00. The topological polar surface area (TPSA) is 24.9 Å². The Balaban J connectivity index is 1.33. The first kappa shape index (κ1) is 30.1. The maximum Gasteiger partial charge on any atom is 0.0730 e. The first-order valence-corrected chi connectivity index (χ1v) is 16.9. The maximum atomic E-state index is 5.29. The van der Waals surface area contributed by atoms with Crippen LogP contribution >= 0.6 is 11.8 Å². The van der Waals surface area contributed by atoms with Gasteiger partial charge in [-0.3, -0.25) is 0 Å². The van der Waals surface area contributed by atoms with E-state index in [0.29, 0.717) is 0 Å². The van der Waals surface area contributed by atoms with E-state index < -0.39 is 0 Å². The van der Waals surface area contributed by atoms with Crippen LogP contribution in [-0.2, 0) is 10.8 Å². The van der Waals surface area contributed by atoms with Crippen LogP contribution in [0.1, 0.15) is 52.7 Å². The Bertz CT molecular complexity index is 1970. The van der Waals surface area contributed by atoms with Crippen LogP contribution in [0.15, 0.2) is 137 Å². The van der Waals surface area contributed by atoms with Gasteiger partial charge in [-0.05, 0) is 92.7 Å². The molecular weight excluding hydrogens is 577 g/mol. The van der Waals surface area contributed by atoms with E-state index in [1.807, 2.05) is 0 Å². The molecule has 0 aliphatic carbocycles. The highest BCUT2D eigenvalue weighted by Crippen LogP contribution is 2.47. The lowest BCUT2D eigenvalue weighted by atomic mass is 9.85. The number of para-hydroxylation sites is 2. The van der Waals surface area contributed by atoms with Crippen molar-refractivity contribution in [2.75, 3.05) is 5.32 Å². The molecule has 6 aromatic rings. The number of nitrogens with one attached hydrogen (secondary N) is 1. The summed E-state index contributed by atoms with van der Waals surface area (Å²) in [5, 5.41) is 3.70. The summed E-state index contributed by atoms with van der Waals surface area (Å²) in [6.07, 6.45) is 0. The molecule has 0 unspecified atom stereocenters. The number of fused-ring (bicyclic) bond motifs is 2. The van der Waals surface area contributed by atoms with Crippen LogP contribution in [0.3, 0.4) is 0 Å². The Labute approximate surface area is 278 Å². The van der Waals surface area contributed by atoms with Crippen LogP contribution in [0.25, 0.3) is 44.8 Å². The summed E-state index contributed by atoms with van der Waals surface area (Å²) in [5.74, 6) is 0. The molecule has 2 nitrogen and oxygen atoms in total. The minimum atomic E-state index is 0.108. The molecular formula is C43H40N2S. The second-order valence-electron chi connectivity index (χ2n) is 14.3. The Hall–Kier alpha value is -4.60. The van der Waals surface area contributed by atoms with Gasteiger partial charge in [0.25, 0.3) is 0 Å². The standard InChI is InChI=1S/C43H40N2S/c1-42(2,3)33-21-17-28(18-22-33)30-25-31(29-19-23-34(24-20-29)43(4,5)6)27-32(26-30)36-13-10-14-37(44-36)35-11-9-16-40-41(35)45-38-12-7-8-15-39(38)46-40/h7-27,45H,1-6H3. The summed E-state index contributed by atoms with van der Waals surface area (Å²) in [4.78, 5) is 7.74. The van der Waals surface area contributed by atoms with Crippen LogP contribution < -0.4 is 5.32 Å². The molecule has 1 aromatic heterocycles. The zero-order valence-electron chi connectivity index (χ0n) is 27.5. The van der Waals surface area contributed by atoms with Crippen molar-refractivity contribution in [1.29, 1.82) is 0 Å². The molecule has 0 amide bonds. The SMILES string of the molecule is CC(C)(C)c1ccc(-c2cc(-c3ccc(C(C)(C)C)cc3)cc(-c3cccc(-c4cccc5c4Nc4ccccc4S5)n3)c2)cc1. The van der Waals surface area contributed by atoms with Crippen LogP contribution in [-0.4, -0.2) is 4.98 Å². The summed E-state index contributed by atoms with van der Waals surface area (Å²) in [6, 6.07) is 46.3. The van der Waals surface area contributed by atoms with E-state index in [0.717, 1.165) is 33.9 Å². The maximum absolute atomic E-state index is 5.29. The van der Waals surface area contributed by atoms with E-state index in [2.05, 4.69) is 174 Å². The van der Waals surface area contributed by atoms with Gasteiger partial charge in [0, 0.05) is 20.9 Å². The van der Waals surface area contributed by atoms with Gasteiger partial charge in [0.05, 0.1) is 22.8 Å². The minimum Gasteiger partial charge on any atom is -0.353 e. The molecule has 1 aliphatic heterocycles. The fraction of sp³-hybridized carbons (Fsp3) is 0.186. The van der Waals surface area contributed by atoms with Gasteiger partial charge in [0.2, 0.25) is 0 Å². The molecule has 0 radical (unpaired) electrons. The van der Waals surface area contributed by atoms with Crippen molar-refractivity contribution in [1.82, 2.24) is 4.98 Å². The second-order valence-corrected chi connectivity index (χ2v) is 15.3. The molecule has 0 saturated carbocycles. The number of aromatic nitrogens is 1. The third-order valence-electron chi connectivity index (χ3n) is 8.82. The van der Waals surface area contributed by atoms with Gasteiger partial charge in [0.15, 0.2) is 0 Å². The molecule has 5 aromatic carbocycles. The molecule has 2 heterocycles. The van der Waals surface area contributed by atoms with Crippen LogP contribution in [0.5, 0.6) is 0 Å². The van der Waals surface area contributed by atoms with Gasteiger partial charge in [0.1, 0.15) is 0 Å². The molecule has 46 heavy (non-hydrogen) atoms. The van der Waals surface area contributed by atoms with Gasteiger partial charge in [-0.15, -0.1) is 0 Å². The summed E-state index contributed by atoms with van der Waals surface area (Å²) in [6.45, 7) is 13.6. The number of hydrogen-bond acceptors (Lipinski definition) is 3. The minimum absolute atomic E-state index is 0.108. The van der Waals surface area contributed by atoms with Crippen molar-refractivity contribution in [3.05, 3.63) is 139 Å². The molecule has 3 heteroatoms. The zero-order chi connectivity index (χ0) is 32.1. The van der Waals surface area contributed by atoms with E-state index in [-0.39, 0.29) is 10.8 Å². The van der Waals surface area contributed by atoms with Crippen molar-refractivity contribution in [2.45, 2.75) is 62.2 Å². The molecule has 0 spiro atoms. The number of anilines is 2. The van der Waals surface area contributed by atoms with Crippen molar-refractivity contribution >= 4 is 23.1 Å². The Morgan fingerprint density at radius 1 is 0.478 bits per heavy atom. The predicted molar refractivity (Wildman–Crippen MR) is 197 cm³/mol. The van der Waals surface area contributed by atoms with Gasteiger partial charge in [-0.1, -0.05) is 132 Å². The van der Waals surface area contributed by atoms with E-state index in [1.165, 1.54) is 43.2 Å². The second kappa shape index (κ2) is 11.6. The summed E-state index contributed by atoms with van der Waals surface area (Å²) in [5.41, 5.74) is 14.0. The van der Waals surface area contributed by atoms with Crippen molar-refractivity contribution in [3.63, 3.8) is 0 Å². The number of hydrogen-bond donors (Lipinski definition) is 1. The highest BCUT2D eigenvalue weighted by atomic mass is 32.2. The molecule has 1 aliphatic rings.